The third kappa shape index (κ3) is 6.07. The predicted molar refractivity (Wildman–Crippen MR) is 113 cm³/mol. The van der Waals surface area contributed by atoms with E-state index in [9.17, 15) is 9.59 Å². The van der Waals surface area contributed by atoms with Crippen LogP contribution in [0.2, 0.25) is 18.1 Å². The number of nitrogens with zero attached hydrogens (tertiary/aromatic N) is 1. The van der Waals surface area contributed by atoms with E-state index in [4.69, 9.17) is 9.16 Å². The summed E-state index contributed by atoms with van der Waals surface area (Å²) in [6.07, 6.45) is 1.04. The first-order valence-electron chi connectivity index (χ1n) is 10.0. The van der Waals surface area contributed by atoms with Crippen molar-refractivity contribution in [1.82, 2.24) is 10.2 Å². The molecule has 0 saturated carbocycles. The van der Waals surface area contributed by atoms with Crippen LogP contribution in [0.5, 0.6) is 0 Å². The largest absolute Gasteiger partial charge is 0.445 e. The molecular weight excluding hydrogens is 372 g/mol. The fourth-order valence-corrected chi connectivity index (χ4v) is 3.92. The summed E-state index contributed by atoms with van der Waals surface area (Å²) >= 11 is 0. The number of hydrogen-bond acceptors (Lipinski definition) is 4. The van der Waals surface area contributed by atoms with Gasteiger partial charge in [0.2, 0.25) is 5.91 Å². The first-order chi connectivity index (χ1) is 13.1. The standard InChI is InChI=1S/C21H34N2O4Si/c1-21(2,3)28(4,5)27-15-13-22-19(24)18-12-9-14-23(18)20(25)26-16-17-10-7-6-8-11-17/h6-8,10-11,18H,9,12-16H2,1-5H3,(H,22,24)/t18-/m0/s1. The van der Waals surface area contributed by atoms with Gasteiger partial charge < -0.3 is 14.5 Å². The van der Waals surface area contributed by atoms with Gasteiger partial charge in [-0.1, -0.05) is 51.1 Å². The van der Waals surface area contributed by atoms with Crippen LogP contribution in [-0.2, 0) is 20.6 Å². The number of benzene rings is 1. The highest BCUT2D eigenvalue weighted by atomic mass is 28.4. The van der Waals surface area contributed by atoms with Gasteiger partial charge in [0.1, 0.15) is 12.6 Å². The van der Waals surface area contributed by atoms with Crippen LogP contribution in [0.15, 0.2) is 30.3 Å². The molecule has 7 heteroatoms. The van der Waals surface area contributed by atoms with Crippen molar-refractivity contribution in [2.45, 2.75) is 64.4 Å². The van der Waals surface area contributed by atoms with E-state index in [1.165, 1.54) is 4.90 Å². The lowest BCUT2D eigenvalue weighted by Gasteiger charge is -2.36. The van der Waals surface area contributed by atoms with E-state index in [1.54, 1.807) is 0 Å². The topological polar surface area (TPSA) is 67.9 Å². The molecule has 1 atom stereocenters. The zero-order valence-corrected chi connectivity index (χ0v) is 18.8. The van der Waals surface area contributed by atoms with Crippen LogP contribution in [0.25, 0.3) is 0 Å². The van der Waals surface area contributed by atoms with Gasteiger partial charge in [0.15, 0.2) is 8.32 Å². The predicted octanol–water partition coefficient (Wildman–Crippen LogP) is 3.93. The summed E-state index contributed by atoms with van der Waals surface area (Å²) in [5, 5.41) is 3.06. The lowest BCUT2D eigenvalue weighted by Crippen LogP contribution is -2.48. The normalized spacial score (nSPS) is 17.5. The van der Waals surface area contributed by atoms with Crippen molar-refractivity contribution in [1.29, 1.82) is 0 Å². The van der Waals surface area contributed by atoms with Gasteiger partial charge in [0.05, 0.1) is 6.61 Å². The Balaban J connectivity index is 1.78. The van der Waals surface area contributed by atoms with Gasteiger partial charge in [0, 0.05) is 13.1 Å². The lowest BCUT2D eigenvalue weighted by atomic mass is 10.2. The van der Waals surface area contributed by atoms with Crippen LogP contribution in [0.1, 0.15) is 39.2 Å². The second-order valence-corrected chi connectivity index (χ2v) is 13.6. The summed E-state index contributed by atoms with van der Waals surface area (Å²) in [5.41, 5.74) is 0.929. The molecule has 0 aliphatic carbocycles. The van der Waals surface area contributed by atoms with Gasteiger partial charge in [-0.3, -0.25) is 9.69 Å². The highest BCUT2D eigenvalue weighted by Crippen LogP contribution is 2.36. The number of ether oxygens (including phenoxy) is 1. The third-order valence-corrected chi connectivity index (χ3v) is 10.2. The molecule has 1 aromatic carbocycles. The van der Waals surface area contributed by atoms with Gasteiger partial charge >= 0.3 is 6.09 Å². The van der Waals surface area contributed by atoms with E-state index in [2.05, 4.69) is 39.2 Å². The fraction of sp³-hybridized carbons (Fsp3) is 0.619. The molecule has 2 amide bonds. The number of carbonyl (C=O) groups is 2. The molecule has 6 nitrogen and oxygen atoms in total. The molecule has 0 bridgehead atoms. The molecule has 1 saturated heterocycles. The number of carbonyl (C=O) groups excluding carboxylic acids is 2. The minimum absolute atomic E-state index is 0.131. The number of likely N-dealkylation sites (tertiary alicyclic amines) is 1. The maximum absolute atomic E-state index is 12.6. The van der Waals surface area contributed by atoms with Crippen LogP contribution in [0, 0.1) is 0 Å². The molecule has 1 N–H and O–H groups in total. The van der Waals surface area contributed by atoms with Gasteiger partial charge in [-0.05, 0) is 36.5 Å². The Morgan fingerprint density at radius 1 is 1.21 bits per heavy atom. The van der Waals surface area contributed by atoms with Gasteiger partial charge in [-0.25, -0.2) is 4.79 Å². The minimum atomic E-state index is -1.82. The molecule has 1 aromatic rings. The number of rotatable bonds is 7. The minimum Gasteiger partial charge on any atom is -0.445 e. The van der Waals surface area contributed by atoms with Crippen molar-refractivity contribution >= 4 is 20.3 Å². The van der Waals surface area contributed by atoms with Crippen molar-refractivity contribution in [2.24, 2.45) is 0 Å². The molecule has 1 heterocycles. The Bertz CT molecular complexity index is 658. The van der Waals surface area contributed by atoms with Crippen molar-refractivity contribution in [3.63, 3.8) is 0 Å². The van der Waals surface area contributed by atoms with Crippen molar-refractivity contribution in [3.05, 3.63) is 35.9 Å². The van der Waals surface area contributed by atoms with Crippen LogP contribution >= 0.6 is 0 Å². The Kier molecular flexibility index (Phi) is 7.66. The summed E-state index contributed by atoms with van der Waals surface area (Å²) in [6.45, 7) is 12.7. The Labute approximate surface area is 169 Å². The summed E-state index contributed by atoms with van der Waals surface area (Å²) < 4.78 is 11.5. The molecule has 0 radical (unpaired) electrons. The molecule has 156 valence electrons. The monoisotopic (exact) mass is 406 g/mol. The van der Waals surface area contributed by atoms with Crippen LogP contribution in [0.4, 0.5) is 4.79 Å². The Morgan fingerprint density at radius 3 is 2.54 bits per heavy atom. The quantitative estimate of drug-likeness (QED) is 0.550. The highest BCUT2D eigenvalue weighted by molar-refractivity contribution is 6.74. The fourth-order valence-electron chi connectivity index (χ4n) is 2.87. The Hall–Kier alpha value is -1.86. The third-order valence-electron chi connectivity index (χ3n) is 5.67. The molecule has 2 rings (SSSR count). The lowest BCUT2D eigenvalue weighted by molar-refractivity contribution is -0.125. The molecular formula is C21H34N2O4Si. The van der Waals surface area contributed by atoms with Crippen LogP contribution in [0.3, 0.4) is 0 Å². The van der Waals surface area contributed by atoms with Gasteiger partial charge in [0.25, 0.3) is 0 Å². The summed E-state index contributed by atoms with van der Waals surface area (Å²) in [5.74, 6) is -0.131. The van der Waals surface area contributed by atoms with E-state index in [0.717, 1.165) is 12.0 Å². The van der Waals surface area contributed by atoms with E-state index >= 15 is 0 Å². The summed E-state index contributed by atoms with van der Waals surface area (Å²) in [6, 6.07) is 9.08. The molecule has 1 aliphatic heterocycles. The summed E-state index contributed by atoms with van der Waals surface area (Å²) in [4.78, 5) is 26.5. The molecule has 28 heavy (non-hydrogen) atoms. The molecule has 1 fully saturated rings. The van der Waals surface area contributed by atoms with Crippen LogP contribution in [-0.4, -0.2) is 51.0 Å². The number of amides is 2. The van der Waals surface area contributed by atoms with E-state index in [1.807, 2.05) is 30.3 Å². The van der Waals surface area contributed by atoms with E-state index < -0.39 is 20.5 Å². The first kappa shape index (κ1) is 22.4. The maximum Gasteiger partial charge on any atom is 0.410 e. The first-order valence-corrected chi connectivity index (χ1v) is 12.9. The maximum atomic E-state index is 12.6. The van der Waals surface area contributed by atoms with E-state index in [0.29, 0.717) is 26.1 Å². The zero-order chi connectivity index (χ0) is 20.8. The zero-order valence-electron chi connectivity index (χ0n) is 17.8. The molecule has 0 spiro atoms. The van der Waals surface area contributed by atoms with Crippen LogP contribution < -0.4 is 5.32 Å². The van der Waals surface area contributed by atoms with Crippen molar-refractivity contribution in [3.8, 4) is 0 Å². The average Bonchev–Trinajstić information content (AvgIpc) is 3.13. The number of nitrogens with one attached hydrogen (secondary N) is 1. The molecule has 0 unspecified atom stereocenters. The average molecular weight is 407 g/mol. The second kappa shape index (κ2) is 9.56. The Morgan fingerprint density at radius 2 is 1.89 bits per heavy atom. The van der Waals surface area contributed by atoms with Gasteiger partial charge in [-0.15, -0.1) is 0 Å². The summed E-state index contributed by atoms with van der Waals surface area (Å²) in [7, 11) is -1.82. The van der Waals surface area contributed by atoms with E-state index in [-0.39, 0.29) is 17.6 Å². The highest BCUT2D eigenvalue weighted by Gasteiger charge is 2.37. The number of hydrogen-bond donors (Lipinski definition) is 1. The second-order valence-electron chi connectivity index (χ2n) is 8.79. The molecule has 1 aliphatic rings. The van der Waals surface area contributed by atoms with Crippen molar-refractivity contribution in [2.75, 3.05) is 19.7 Å². The molecule has 0 aromatic heterocycles. The van der Waals surface area contributed by atoms with Crippen molar-refractivity contribution < 1.29 is 18.8 Å². The van der Waals surface area contributed by atoms with Gasteiger partial charge in [-0.2, -0.15) is 0 Å². The SMILES string of the molecule is CC(C)(C)[Si](C)(C)OCCNC(=O)[C@@H]1CCCN1C(=O)OCc1ccccc1. The smallest absolute Gasteiger partial charge is 0.410 e.